The second-order valence-electron chi connectivity index (χ2n) is 8.36. The fourth-order valence-corrected chi connectivity index (χ4v) is 4.70. The van der Waals surface area contributed by atoms with Gasteiger partial charge in [0.05, 0.1) is 11.7 Å². The van der Waals surface area contributed by atoms with Crippen LogP contribution in [0.25, 0.3) is 11.1 Å². The van der Waals surface area contributed by atoms with Crippen molar-refractivity contribution in [2.24, 2.45) is 5.92 Å². The van der Waals surface area contributed by atoms with Gasteiger partial charge in [0.2, 0.25) is 17.8 Å². The Labute approximate surface area is 181 Å². The van der Waals surface area contributed by atoms with Crippen LogP contribution in [-0.4, -0.2) is 51.2 Å². The molecule has 0 spiro atoms. The van der Waals surface area contributed by atoms with E-state index in [0.717, 1.165) is 19.3 Å². The second-order valence-corrected chi connectivity index (χ2v) is 8.36. The molecule has 0 bridgehead atoms. The summed E-state index contributed by atoms with van der Waals surface area (Å²) in [6.07, 6.45) is 5.65. The lowest BCUT2D eigenvalue weighted by Crippen LogP contribution is -2.46. The number of carbonyl (C=O) groups excluding carboxylic acids is 2. The maximum atomic E-state index is 13.9. The van der Waals surface area contributed by atoms with Crippen molar-refractivity contribution in [1.82, 2.24) is 19.8 Å². The zero-order valence-electron chi connectivity index (χ0n) is 17.8. The third-order valence-electron chi connectivity index (χ3n) is 6.36. The first-order chi connectivity index (χ1) is 14.9. The Morgan fingerprint density at radius 2 is 1.90 bits per heavy atom. The number of hydrogen-bond acceptors (Lipinski definition) is 5. The average Bonchev–Trinajstić information content (AvgIpc) is 2.78. The standard InChI is InChI=1S/C23H28FN5O2/c1-15(30)28-11-8-16(9-12-28)22(31)29-10-3-2-7-20(29)21-19(14-26-23(25)27-21)17-5-4-6-18(24)13-17/h4-6,13-14,16,20H,2-3,7-12H2,1H3,(H2,25,26,27)/t20-/m1/s1. The summed E-state index contributed by atoms with van der Waals surface area (Å²) in [7, 11) is 0. The molecule has 2 fully saturated rings. The van der Waals surface area contributed by atoms with Gasteiger partial charge >= 0.3 is 0 Å². The second kappa shape index (κ2) is 8.99. The number of nitrogens with two attached hydrogens (primary N) is 1. The molecule has 31 heavy (non-hydrogen) atoms. The highest BCUT2D eigenvalue weighted by Crippen LogP contribution is 2.37. The van der Waals surface area contributed by atoms with Crippen molar-refractivity contribution in [1.29, 1.82) is 0 Å². The van der Waals surface area contributed by atoms with E-state index < -0.39 is 0 Å². The van der Waals surface area contributed by atoms with E-state index in [1.165, 1.54) is 12.1 Å². The van der Waals surface area contributed by atoms with Crippen LogP contribution in [0.2, 0.25) is 0 Å². The van der Waals surface area contributed by atoms with Crippen LogP contribution in [0.3, 0.4) is 0 Å². The van der Waals surface area contributed by atoms with E-state index in [2.05, 4.69) is 9.97 Å². The molecular weight excluding hydrogens is 397 g/mol. The fraction of sp³-hybridized carbons (Fsp3) is 0.478. The molecule has 8 heteroatoms. The molecule has 4 rings (SSSR count). The largest absolute Gasteiger partial charge is 0.368 e. The van der Waals surface area contributed by atoms with E-state index in [4.69, 9.17) is 5.73 Å². The third kappa shape index (κ3) is 4.52. The molecule has 2 saturated heterocycles. The number of piperidine rings is 2. The summed E-state index contributed by atoms with van der Waals surface area (Å²) >= 11 is 0. The first kappa shape index (κ1) is 21.2. The van der Waals surface area contributed by atoms with Gasteiger partial charge in [-0.15, -0.1) is 0 Å². The maximum Gasteiger partial charge on any atom is 0.226 e. The van der Waals surface area contributed by atoms with E-state index in [9.17, 15) is 14.0 Å². The number of rotatable bonds is 3. The lowest BCUT2D eigenvalue weighted by molar-refractivity contribution is -0.143. The van der Waals surface area contributed by atoms with Crippen LogP contribution in [0.15, 0.2) is 30.5 Å². The summed E-state index contributed by atoms with van der Waals surface area (Å²) in [5.41, 5.74) is 7.95. The first-order valence-corrected chi connectivity index (χ1v) is 10.9. The van der Waals surface area contributed by atoms with Crippen LogP contribution >= 0.6 is 0 Å². The van der Waals surface area contributed by atoms with E-state index in [0.29, 0.717) is 49.3 Å². The van der Waals surface area contributed by atoms with Gasteiger partial charge in [-0.05, 0) is 49.8 Å². The molecule has 164 valence electrons. The number of carbonyl (C=O) groups is 2. The first-order valence-electron chi connectivity index (χ1n) is 10.9. The molecule has 7 nitrogen and oxygen atoms in total. The Bertz CT molecular complexity index is 974. The predicted octanol–water partition coefficient (Wildman–Crippen LogP) is 3.18. The summed E-state index contributed by atoms with van der Waals surface area (Å²) < 4.78 is 13.9. The molecule has 0 radical (unpaired) electrons. The SMILES string of the molecule is CC(=O)N1CCC(C(=O)N2CCCC[C@@H]2c2nc(N)ncc2-c2cccc(F)c2)CC1. The Hall–Kier alpha value is -3.03. The molecule has 2 aromatic rings. The summed E-state index contributed by atoms with van der Waals surface area (Å²) in [5.74, 6) is -0.141. The third-order valence-corrected chi connectivity index (χ3v) is 6.36. The molecule has 2 aliphatic rings. The monoisotopic (exact) mass is 425 g/mol. The predicted molar refractivity (Wildman–Crippen MR) is 115 cm³/mol. The molecule has 2 aliphatic heterocycles. The van der Waals surface area contributed by atoms with Crippen molar-refractivity contribution in [3.05, 3.63) is 42.0 Å². The minimum absolute atomic E-state index is 0.0537. The number of aromatic nitrogens is 2. The Balaban J connectivity index is 1.63. The number of benzene rings is 1. The van der Waals surface area contributed by atoms with Gasteiger partial charge in [-0.3, -0.25) is 9.59 Å². The number of anilines is 1. The lowest BCUT2D eigenvalue weighted by Gasteiger charge is -2.40. The van der Waals surface area contributed by atoms with Crippen molar-refractivity contribution in [3.8, 4) is 11.1 Å². The van der Waals surface area contributed by atoms with E-state index >= 15 is 0 Å². The molecule has 2 N–H and O–H groups in total. The highest BCUT2D eigenvalue weighted by Gasteiger charge is 2.36. The molecule has 2 amide bonds. The van der Waals surface area contributed by atoms with Crippen LogP contribution < -0.4 is 5.73 Å². The number of nitrogen functional groups attached to an aromatic ring is 1. The molecule has 0 aliphatic carbocycles. The van der Waals surface area contributed by atoms with Gasteiger partial charge in [0.15, 0.2) is 0 Å². The highest BCUT2D eigenvalue weighted by atomic mass is 19.1. The fourth-order valence-electron chi connectivity index (χ4n) is 4.70. The summed E-state index contributed by atoms with van der Waals surface area (Å²) in [5, 5.41) is 0. The van der Waals surface area contributed by atoms with Gasteiger partial charge in [-0.2, -0.15) is 0 Å². The molecule has 1 atom stereocenters. The van der Waals surface area contributed by atoms with Crippen LogP contribution in [-0.2, 0) is 9.59 Å². The summed E-state index contributed by atoms with van der Waals surface area (Å²) in [4.78, 5) is 37.5. The Morgan fingerprint density at radius 1 is 1.13 bits per heavy atom. The smallest absolute Gasteiger partial charge is 0.226 e. The number of hydrogen-bond donors (Lipinski definition) is 1. The van der Waals surface area contributed by atoms with Crippen molar-refractivity contribution in [3.63, 3.8) is 0 Å². The van der Waals surface area contributed by atoms with Crippen molar-refractivity contribution in [2.45, 2.75) is 45.1 Å². The Morgan fingerprint density at radius 3 is 2.61 bits per heavy atom. The minimum Gasteiger partial charge on any atom is -0.368 e. The minimum atomic E-state index is -0.339. The number of halogens is 1. The zero-order valence-corrected chi connectivity index (χ0v) is 17.8. The summed E-state index contributed by atoms with van der Waals surface area (Å²) in [6, 6.07) is 6.08. The molecule has 0 unspecified atom stereocenters. The normalized spacial score (nSPS) is 20.0. The van der Waals surface area contributed by atoms with Crippen molar-refractivity contribution >= 4 is 17.8 Å². The molecule has 0 saturated carbocycles. The maximum absolute atomic E-state index is 13.9. The van der Waals surface area contributed by atoms with Gasteiger partial charge < -0.3 is 15.5 Å². The van der Waals surface area contributed by atoms with Gasteiger partial charge in [-0.25, -0.2) is 14.4 Å². The van der Waals surface area contributed by atoms with Gasteiger partial charge in [0, 0.05) is 44.2 Å². The van der Waals surface area contributed by atoms with E-state index in [-0.39, 0.29) is 35.5 Å². The van der Waals surface area contributed by atoms with Gasteiger partial charge in [0.1, 0.15) is 5.82 Å². The zero-order chi connectivity index (χ0) is 22.0. The molecule has 3 heterocycles. The van der Waals surface area contributed by atoms with E-state index in [1.54, 1.807) is 24.1 Å². The van der Waals surface area contributed by atoms with Crippen LogP contribution in [0.1, 0.15) is 50.8 Å². The van der Waals surface area contributed by atoms with Gasteiger partial charge in [0.25, 0.3) is 0 Å². The molecule has 1 aromatic heterocycles. The quantitative estimate of drug-likeness (QED) is 0.815. The van der Waals surface area contributed by atoms with Gasteiger partial charge in [-0.1, -0.05) is 12.1 Å². The number of likely N-dealkylation sites (tertiary alicyclic amines) is 2. The Kier molecular flexibility index (Phi) is 6.15. The van der Waals surface area contributed by atoms with Crippen molar-refractivity contribution in [2.75, 3.05) is 25.4 Å². The molecular formula is C23H28FN5O2. The number of nitrogens with zero attached hydrogens (tertiary/aromatic N) is 4. The highest BCUT2D eigenvalue weighted by molar-refractivity contribution is 5.81. The lowest BCUT2D eigenvalue weighted by atomic mass is 9.90. The van der Waals surface area contributed by atoms with Crippen LogP contribution in [0.5, 0.6) is 0 Å². The molecule has 1 aromatic carbocycles. The van der Waals surface area contributed by atoms with Crippen molar-refractivity contribution < 1.29 is 14.0 Å². The van der Waals surface area contributed by atoms with Crippen LogP contribution in [0, 0.1) is 11.7 Å². The van der Waals surface area contributed by atoms with E-state index in [1.807, 2.05) is 11.0 Å². The van der Waals surface area contributed by atoms with Crippen LogP contribution in [0.4, 0.5) is 10.3 Å². The number of amides is 2. The average molecular weight is 426 g/mol. The summed E-state index contributed by atoms with van der Waals surface area (Å²) in [6.45, 7) is 3.44. The topological polar surface area (TPSA) is 92.4 Å².